The molecule has 1 aromatic heterocycles. The van der Waals surface area contributed by atoms with Gasteiger partial charge in [0.15, 0.2) is 0 Å². The molecule has 0 bridgehead atoms. The summed E-state index contributed by atoms with van der Waals surface area (Å²) in [6, 6.07) is -1.43. The van der Waals surface area contributed by atoms with Crippen LogP contribution in [0.2, 0.25) is 0 Å². The van der Waals surface area contributed by atoms with Crippen LogP contribution in [-0.4, -0.2) is 39.7 Å². The van der Waals surface area contributed by atoms with Crippen molar-refractivity contribution >= 4 is 12.0 Å². The zero-order valence-electron chi connectivity index (χ0n) is 11.8. The molecule has 1 rings (SSSR count). The second-order valence-electron chi connectivity index (χ2n) is 5.11. The molecule has 0 saturated carbocycles. The molecule has 0 radical (unpaired) electrons. The first-order valence-corrected chi connectivity index (χ1v) is 6.73. The maximum absolute atomic E-state index is 11.6. The lowest BCUT2D eigenvalue weighted by atomic mass is 10.1. The van der Waals surface area contributed by atoms with Crippen molar-refractivity contribution in [3.05, 3.63) is 18.2 Å². The maximum atomic E-state index is 11.6. The van der Waals surface area contributed by atoms with Crippen LogP contribution in [0.5, 0.6) is 0 Å². The smallest absolute Gasteiger partial charge is 0.326 e. The highest BCUT2D eigenvalue weighted by molar-refractivity contribution is 5.82. The molecule has 0 aliphatic rings. The number of carbonyl (C=O) groups excluding carboxylic acids is 1. The van der Waals surface area contributed by atoms with Crippen molar-refractivity contribution in [2.75, 3.05) is 6.54 Å². The molecule has 1 unspecified atom stereocenters. The SMILES string of the molecule is CC(C)CCCNC(=O)NC(Cc1cnc[nH]1)C(=O)O. The van der Waals surface area contributed by atoms with Gasteiger partial charge in [0.25, 0.3) is 0 Å². The number of imidazole rings is 1. The number of hydrogen-bond acceptors (Lipinski definition) is 3. The number of urea groups is 1. The van der Waals surface area contributed by atoms with Crippen LogP contribution in [0.4, 0.5) is 4.79 Å². The number of H-pyrrole nitrogens is 1. The van der Waals surface area contributed by atoms with Gasteiger partial charge in [-0.15, -0.1) is 0 Å². The van der Waals surface area contributed by atoms with Gasteiger partial charge in [-0.05, 0) is 18.8 Å². The Labute approximate surface area is 118 Å². The summed E-state index contributed by atoms with van der Waals surface area (Å²) in [4.78, 5) is 29.4. The third-order valence-electron chi connectivity index (χ3n) is 2.83. The first-order chi connectivity index (χ1) is 9.49. The first kappa shape index (κ1) is 16.0. The number of nitrogens with one attached hydrogen (secondary N) is 3. The minimum atomic E-state index is -1.07. The normalized spacial score (nSPS) is 12.2. The molecule has 7 nitrogen and oxygen atoms in total. The average molecular weight is 282 g/mol. The zero-order valence-corrected chi connectivity index (χ0v) is 11.8. The van der Waals surface area contributed by atoms with Crippen molar-refractivity contribution in [3.8, 4) is 0 Å². The molecule has 4 N–H and O–H groups in total. The largest absolute Gasteiger partial charge is 0.480 e. The first-order valence-electron chi connectivity index (χ1n) is 6.73. The van der Waals surface area contributed by atoms with Crippen LogP contribution in [0.15, 0.2) is 12.5 Å². The van der Waals surface area contributed by atoms with E-state index in [-0.39, 0.29) is 6.42 Å². The Morgan fingerprint density at radius 2 is 2.20 bits per heavy atom. The minimum absolute atomic E-state index is 0.175. The molecular weight excluding hydrogens is 260 g/mol. The van der Waals surface area contributed by atoms with Crippen LogP contribution in [-0.2, 0) is 11.2 Å². The molecule has 20 heavy (non-hydrogen) atoms. The molecule has 1 aromatic rings. The van der Waals surface area contributed by atoms with Crippen molar-refractivity contribution in [1.29, 1.82) is 0 Å². The van der Waals surface area contributed by atoms with Crippen LogP contribution in [0.1, 0.15) is 32.4 Å². The number of amides is 2. The Morgan fingerprint density at radius 1 is 1.45 bits per heavy atom. The van der Waals surface area contributed by atoms with E-state index in [2.05, 4.69) is 34.4 Å². The van der Waals surface area contributed by atoms with Crippen molar-refractivity contribution in [1.82, 2.24) is 20.6 Å². The highest BCUT2D eigenvalue weighted by atomic mass is 16.4. The van der Waals surface area contributed by atoms with Crippen LogP contribution in [0, 0.1) is 5.92 Å². The second kappa shape index (κ2) is 8.19. The number of hydrogen-bond donors (Lipinski definition) is 4. The van der Waals surface area contributed by atoms with Gasteiger partial charge in [-0.25, -0.2) is 14.6 Å². The van der Waals surface area contributed by atoms with Gasteiger partial charge in [0, 0.05) is 24.9 Å². The van der Waals surface area contributed by atoms with Crippen molar-refractivity contribution in [2.45, 2.75) is 39.2 Å². The Balaban J connectivity index is 2.34. The number of rotatable bonds is 8. The summed E-state index contributed by atoms with van der Waals surface area (Å²) >= 11 is 0. The molecule has 0 fully saturated rings. The van der Waals surface area contributed by atoms with E-state index in [0.29, 0.717) is 18.2 Å². The van der Waals surface area contributed by atoms with Crippen LogP contribution >= 0.6 is 0 Å². The van der Waals surface area contributed by atoms with E-state index in [4.69, 9.17) is 5.11 Å². The average Bonchev–Trinajstić information content (AvgIpc) is 2.86. The van der Waals surface area contributed by atoms with Gasteiger partial charge in [-0.3, -0.25) is 0 Å². The van der Waals surface area contributed by atoms with Gasteiger partial charge in [0.2, 0.25) is 0 Å². The van der Waals surface area contributed by atoms with E-state index in [1.54, 1.807) is 0 Å². The van der Waals surface area contributed by atoms with E-state index in [0.717, 1.165) is 12.8 Å². The Kier molecular flexibility index (Phi) is 6.55. The quantitative estimate of drug-likeness (QED) is 0.536. The monoisotopic (exact) mass is 282 g/mol. The lowest BCUT2D eigenvalue weighted by Crippen LogP contribution is -2.47. The molecule has 2 amide bonds. The van der Waals surface area contributed by atoms with Gasteiger partial charge in [-0.1, -0.05) is 13.8 Å². The molecule has 7 heteroatoms. The number of carboxylic acids is 1. The number of aromatic amines is 1. The third kappa shape index (κ3) is 6.21. The lowest BCUT2D eigenvalue weighted by Gasteiger charge is -2.14. The fraction of sp³-hybridized carbons (Fsp3) is 0.615. The summed E-state index contributed by atoms with van der Waals surface area (Å²) in [7, 11) is 0. The second-order valence-corrected chi connectivity index (χ2v) is 5.11. The molecule has 1 heterocycles. The van der Waals surface area contributed by atoms with E-state index in [1.165, 1.54) is 12.5 Å². The van der Waals surface area contributed by atoms with Crippen LogP contribution in [0.3, 0.4) is 0 Å². The van der Waals surface area contributed by atoms with Gasteiger partial charge in [0.1, 0.15) is 6.04 Å². The van der Waals surface area contributed by atoms with E-state index < -0.39 is 18.0 Å². The number of carbonyl (C=O) groups is 2. The summed E-state index contributed by atoms with van der Waals surface area (Å²) in [5.74, 6) is -0.482. The molecule has 0 aliphatic heterocycles. The number of nitrogens with zero attached hydrogens (tertiary/aromatic N) is 1. The molecule has 112 valence electrons. The molecule has 0 spiro atoms. The summed E-state index contributed by atoms with van der Waals surface area (Å²) < 4.78 is 0. The van der Waals surface area contributed by atoms with Crippen LogP contribution in [0.25, 0.3) is 0 Å². The third-order valence-corrected chi connectivity index (χ3v) is 2.83. The number of aliphatic carboxylic acids is 1. The fourth-order valence-corrected chi connectivity index (χ4v) is 1.74. The van der Waals surface area contributed by atoms with E-state index in [9.17, 15) is 9.59 Å². The van der Waals surface area contributed by atoms with E-state index in [1.807, 2.05) is 0 Å². The zero-order chi connectivity index (χ0) is 15.0. The molecule has 0 aliphatic carbocycles. The van der Waals surface area contributed by atoms with Crippen LogP contribution < -0.4 is 10.6 Å². The summed E-state index contributed by atoms with van der Waals surface area (Å²) in [5, 5.41) is 14.2. The van der Waals surface area contributed by atoms with Gasteiger partial charge in [-0.2, -0.15) is 0 Å². The number of carboxylic acid groups (broad SMARTS) is 1. The highest BCUT2D eigenvalue weighted by Crippen LogP contribution is 2.02. The summed E-state index contributed by atoms with van der Waals surface area (Å²) in [6.07, 6.45) is 5.09. The van der Waals surface area contributed by atoms with Crippen molar-refractivity contribution < 1.29 is 14.7 Å². The topological polar surface area (TPSA) is 107 Å². The fourth-order valence-electron chi connectivity index (χ4n) is 1.74. The maximum Gasteiger partial charge on any atom is 0.326 e. The Morgan fingerprint density at radius 3 is 2.75 bits per heavy atom. The predicted octanol–water partition coefficient (Wildman–Crippen LogP) is 1.14. The van der Waals surface area contributed by atoms with Gasteiger partial charge < -0.3 is 20.7 Å². The standard InChI is InChI=1S/C13H22N4O3/c1-9(2)4-3-5-15-13(20)17-11(12(18)19)6-10-7-14-8-16-10/h7-9,11H,3-6H2,1-2H3,(H,14,16)(H,18,19)(H2,15,17,20). The van der Waals surface area contributed by atoms with E-state index >= 15 is 0 Å². The summed E-state index contributed by atoms with van der Waals surface area (Å²) in [6.45, 7) is 4.77. The Hall–Kier alpha value is -2.05. The van der Waals surface area contributed by atoms with Crippen molar-refractivity contribution in [2.24, 2.45) is 5.92 Å². The van der Waals surface area contributed by atoms with Gasteiger partial charge >= 0.3 is 12.0 Å². The molecular formula is C13H22N4O3. The van der Waals surface area contributed by atoms with Gasteiger partial charge in [0.05, 0.1) is 6.33 Å². The van der Waals surface area contributed by atoms with Crippen molar-refractivity contribution in [3.63, 3.8) is 0 Å². The minimum Gasteiger partial charge on any atom is -0.480 e. The molecule has 1 atom stereocenters. The number of aromatic nitrogens is 2. The molecule has 0 aromatic carbocycles. The highest BCUT2D eigenvalue weighted by Gasteiger charge is 2.20. The summed E-state index contributed by atoms with van der Waals surface area (Å²) in [5.41, 5.74) is 0.664. The molecule has 0 saturated heterocycles. The predicted molar refractivity (Wildman–Crippen MR) is 74.3 cm³/mol. The lowest BCUT2D eigenvalue weighted by molar-refractivity contribution is -0.139. The Bertz CT molecular complexity index is 417.